The largest absolute Gasteiger partial charge is 0.437 e. The Kier molecular flexibility index (Phi) is 4.59. The number of hydrogen-bond donors (Lipinski definition) is 0. The normalized spacial score (nSPS) is 12.2. The van der Waals surface area contributed by atoms with Crippen molar-refractivity contribution < 1.29 is 4.42 Å². The van der Waals surface area contributed by atoms with Gasteiger partial charge >= 0.3 is 0 Å². The minimum atomic E-state index is 0.104. The van der Waals surface area contributed by atoms with Crippen LogP contribution in [0.15, 0.2) is 83.4 Å². The Morgan fingerprint density at radius 2 is 1.68 bits per heavy atom. The molecular weight excluding hydrogens is 418 g/mol. The number of furan rings is 1. The third-order valence-electron chi connectivity index (χ3n) is 6.63. The van der Waals surface area contributed by atoms with Gasteiger partial charge in [0.1, 0.15) is 11.4 Å². The summed E-state index contributed by atoms with van der Waals surface area (Å²) >= 11 is 0. The third kappa shape index (κ3) is 3.21. The highest BCUT2D eigenvalue weighted by atomic mass is 16.3. The van der Waals surface area contributed by atoms with Crippen molar-refractivity contribution in [1.82, 2.24) is 14.5 Å². The predicted octanol–water partition coefficient (Wildman–Crippen LogP) is 7.85. The SMILES string of the molecule is CCc1cccc2c1oc1ncc(-c3nc4ccccc4n3-c3ccc(C(C)(C)C)cc3)cc12. The summed E-state index contributed by atoms with van der Waals surface area (Å²) in [6.45, 7) is 8.86. The quantitative estimate of drug-likeness (QED) is 0.279. The van der Waals surface area contributed by atoms with E-state index < -0.39 is 0 Å². The molecule has 4 nitrogen and oxygen atoms in total. The monoisotopic (exact) mass is 445 g/mol. The zero-order chi connectivity index (χ0) is 23.4. The second kappa shape index (κ2) is 7.56. The first-order valence-corrected chi connectivity index (χ1v) is 11.8. The number of aryl methyl sites for hydroxylation is 1. The molecule has 0 fully saturated rings. The highest BCUT2D eigenvalue weighted by molar-refractivity contribution is 6.05. The molecule has 0 amide bonds. The minimum absolute atomic E-state index is 0.104. The van der Waals surface area contributed by atoms with Gasteiger partial charge in [-0.2, -0.15) is 0 Å². The first-order valence-electron chi connectivity index (χ1n) is 11.8. The Labute approximate surface area is 198 Å². The number of hydrogen-bond acceptors (Lipinski definition) is 3. The maximum atomic E-state index is 6.15. The summed E-state index contributed by atoms with van der Waals surface area (Å²) in [4.78, 5) is 9.73. The Bertz CT molecular complexity index is 1660. The zero-order valence-electron chi connectivity index (χ0n) is 20.0. The summed E-state index contributed by atoms with van der Waals surface area (Å²) in [5, 5.41) is 2.12. The van der Waals surface area contributed by atoms with E-state index in [0.717, 1.165) is 50.9 Å². The Morgan fingerprint density at radius 1 is 0.882 bits per heavy atom. The van der Waals surface area contributed by atoms with Crippen LogP contribution in [0.2, 0.25) is 0 Å². The highest BCUT2D eigenvalue weighted by Gasteiger charge is 2.19. The average Bonchev–Trinajstić information content (AvgIpc) is 3.41. The maximum absolute atomic E-state index is 6.15. The Hall–Kier alpha value is -3.92. The summed E-state index contributed by atoms with van der Waals surface area (Å²) in [6.07, 6.45) is 2.79. The topological polar surface area (TPSA) is 43.9 Å². The summed E-state index contributed by atoms with van der Waals surface area (Å²) in [7, 11) is 0. The molecule has 3 aromatic carbocycles. The van der Waals surface area contributed by atoms with Gasteiger partial charge in [0.25, 0.3) is 0 Å². The molecule has 0 saturated carbocycles. The summed E-state index contributed by atoms with van der Waals surface area (Å²) in [5.41, 5.74) is 8.29. The lowest BCUT2D eigenvalue weighted by molar-refractivity contribution is 0.590. The van der Waals surface area contributed by atoms with Crippen molar-refractivity contribution in [1.29, 1.82) is 0 Å². The molecule has 0 aliphatic carbocycles. The van der Waals surface area contributed by atoms with Gasteiger partial charge < -0.3 is 4.42 Å². The van der Waals surface area contributed by atoms with Crippen molar-refractivity contribution in [3.05, 3.63) is 90.1 Å². The van der Waals surface area contributed by atoms with Crippen molar-refractivity contribution in [3.8, 4) is 17.1 Å². The van der Waals surface area contributed by atoms with Crippen molar-refractivity contribution >= 4 is 33.1 Å². The summed E-state index contributed by atoms with van der Waals surface area (Å²) in [5.74, 6) is 0.875. The van der Waals surface area contributed by atoms with Crippen LogP contribution in [0.1, 0.15) is 38.8 Å². The molecule has 0 atom stereocenters. The van der Waals surface area contributed by atoms with Gasteiger partial charge in [0.2, 0.25) is 5.71 Å². The molecule has 6 rings (SSSR count). The lowest BCUT2D eigenvalue weighted by Crippen LogP contribution is -2.11. The number of benzene rings is 3. The predicted molar refractivity (Wildman–Crippen MR) is 140 cm³/mol. The van der Waals surface area contributed by atoms with Crippen LogP contribution >= 0.6 is 0 Å². The van der Waals surface area contributed by atoms with Crippen LogP contribution in [0.4, 0.5) is 0 Å². The van der Waals surface area contributed by atoms with E-state index in [2.05, 4.69) is 99.0 Å². The van der Waals surface area contributed by atoms with Crippen LogP contribution in [0.3, 0.4) is 0 Å². The molecule has 4 heteroatoms. The highest BCUT2D eigenvalue weighted by Crippen LogP contribution is 2.35. The van der Waals surface area contributed by atoms with Gasteiger partial charge in [-0.05, 0) is 53.3 Å². The molecule has 6 aromatic rings. The van der Waals surface area contributed by atoms with E-state index in [9.17, 15) is 0 Å². The number of fused-ring (bicyclic) bond motifs is 4. The standard InChI is InChI=1S/C30H27N3O/c1-5-19-9-8-10-23-24-17-20(18-31-29(24)34-27(19)23)28-32-25-11-6-7-12-26(25)33(28)22-15-13-21(14-16-22)30(2,3)4/h6-18H,5H2,1-4H3. The van der Waals surface area contributed by atoms with Crippen molar-refractivity contribution in [2.45, 2.75) is 39.5 Å². The van der Waals surface area contributed by atoms with Crippen LogP contribution < -0.4 is 0 Å². The van der Waals surface area contributed by atoms with E-state index in [1.807, 2.05) is 12.3 Å². The summed E-state index contributed by atoms with van der Waals surface area (Å²) in [6, 6.07) is 25.6. The van der Waals surface area contributed by atoms with Gasteiger partial charge in [-0.15, -0.1) is 0 Å². The molecular formula is C30H27N3O. The average molecular weight is 446 g/mol. The van der Waals surface area contributed by atoms with E-state index in [0.29, 0.717) is 5.71 Å². The Morgan fingerprint density at radius 3 is 2.44 bits per heavy atom. The minimum Gasteiger partial charge on any atom is -0.437 e. The molecule has 3 aromatic heterocycles. The maximum Gasteiger partial charge on any atom is 0.227 e. The third-order valence-corrected chi connectivity index (χ3v) is 6.63. The molecule has 0 aliphatic heterocycles. The smallest absolute Gasteiger partial charge is 0.227 e. The van der Waals surface area contributed by atoms with Gasteiger partial charge in [0.05, 0.1) is 11.0 Å². The Balaban J connectivity index is 1.58. The number of aromatic nitrogens is 3. The molecule has 0 bridgehead atoms. The number of imidazole rings is 1. The van der Waals surface area contributed by atoms with E-state index in [4.69, 9.17) is 14.4 Å². The van der Waals surface area contributed by atoms with Crippen molar-refractivity contribution in [2.75, 3.05) is 0 Å². The van der Waals surface area contributed by atoms with E-state index >= 15 is 0 Å². The number of rotatable bonds is 3. The number of para-hydroxylation sites is 3. The first-order chi connectivity index (χ1) is 16.4. The van der Waals surface area contributed by atoms with Crippen LogP contribution in [-0.4, -0.2) is 14.5 Å². The van der Waals surface area contributed by atoms with E-state index in [-0.39, 0.29) is 5.41 Å². The molecule has 34 heavy (non-hydrogen) atoms. The molecule has 3 heterocycles. The number of nitrogens with zero attached hydrogens (tertiary/aromatic N) is 3. The number of pyridine rings is 1. The molecule has 0 N–H and O–H groups in total. The van der Waals surface area contributed by atoms with Gasteiger partial charge in [-0.1, -0.05) is 70.2 Å². The van der Waals surface area contributed by atoms with Crippen molar-refractivity contribution in [2.24, 2.45) is 0 Å². The van der Waals surface area contributed by atoms with E-state index in [1.54, 1.807) is 0 Å². The second-order valence-electron chi connectivity index (χ2n) is 9.88. The molecule has 168 valence electrons. The van der Waals surface area contributed by atoms with E-state index in [1.165, 1.54) is 11.1 Å². The zero-order valence-corrected chi connectivity index (χ0v) is 20.0. The van der Waals surface area contributed by atoms with Gasteiger partial charge in [0, 0.05) is 28.2 Å². The molecule has 0 radical (unpaired) electrons. The van der Waals surface area contributed by atoms with Gasteiger partial charge in [0.15, 0.2) is 0 Å². The lowest BCUT2D eigenvalue weighted by atomic mass is 9.87. The fourth-order valence-corrected chi connectivity index (χ4v) is 4.73. The molecule has 0 aliphatic rings. The summed E-state index contributed by atoms with van der Waals surface area (Å²) < 4.78 is 8.37. The second-order valence-corrected chi connectivity index (χ2v) is 9.88. The molecule has 0 spiro atoms. The fraction of sp³-hybridized carbons (Fsp3) is 0.200. The molecule has 0 unspecified atom stereocenters. The first kappa shape index (κ1) is 20.7. The lowest BCUT2D eigenvalue weighted by Gasteiger charge is -2.19. The van der Waals surface area contributed by atoms with Crippen LogP contribution in [0.5, 0.6) is 0 Å². The molecule has 0 saturated heterocycles. The van der Waals surface area contributed by atoms with Crippen molar-refractivity contribution in [3.63, 3.8) is 0 Å². The van der Waals surface area contributed by atoms with Crippen LogP contribution in [0, 0.1) is 0 Å². The van der Waals surface area contributed by atoms with Crippen LogP contribution in [-0.2, 0) is 11.8 Å². The van der Waals surface area contributed by atoms with Gasteiger partial charge in [-0.25, -0.2) is 9.97 Å². The fourth-order valence-electron chi connectivity index (χ4n) is 4.73. The van der Waals surface area contributed by atoms with Crippen LogP contribution in [0.25, 0.3) is 50.2 Å². The van der Waals surface area contributed by atoms with Gasteiger partial charge in [-0.3, -0.25) is 4.57 Å².